The molecule has 3 heterocycles. The molecule has 0 saturated carbocycles. The number of piperidine rings is 1. The molecular weight excluding hydrogens is 296 g/mol. The summed E-state index contributed by atoms with van der Waals surface area (Å²) in [4.78, 5) is 10.7. The summed E-state index contributed by atoms with van der Waals surface area (Å²) in [6.45, 7) is 16.5. The van der Waals surface area contributed by atoms with Gasteiger partial charge in [-0.05, 0) is 78.6 Å². The van der Waals surface area contributed by atoms with Gasteiger partial charge in [-0.3, -0.25) is 9.80 Å². The van der Waals surface area contributed by atoms with Crippen molar-refractivity contribution in [2.75, 3.05) is 59.0 Å². The summed E-state index contributed by atoms with van der Waals surface area (Å²) in [5.41, 5.74) is 0. The topological polar surface area (TPSA) is 13.0 Å². The molecule has 0 N–H and O–H groups in total. The van der Waals surface area contributed by atoms with Crippen LogP contribution < -0.4 is 0 Å². The Labute approximate surface area is 150 Å². The molecule has 3 saturated heterocycles. The van der Waals surface area contributed by atoms with E-state index < -0.39 is 0 Å². The monoisotopic (exact) mass is 336 g/mol. The fourth-order valence-electron chi connectivity index (χ4n) is 4.88. The van der Waals surface area contributed by atoms with Crippen LogP contribution in [0.25, 0.3) is 0 Å². The van der Waals surface area contributed by atoms with Crippen molar-refractivity contribution in [3.05, 3.63) is 0 Å². The molecule has 4 nitrogen and oxygen atoms in total. The van der Waals surface area contributed by atoms with Crippen molar-refractivity contribution in [3.63, 3.8) is 0 Å². The van der Waals surface area contributed by atoms with Gasteiger partial charge in [0.1, 0.15) is 0 Å². The number of rotatable bonds is 8. The van der Waals surface area contributed by atoms with Gasteiger partial charge in [-0.2, -0.15) is 0 Å². The third-order valence-electron chi connectivity index (χ3n) is 6.60. The lowest BCUT2D eigenvalue weighted by molar-refractivity contribution is 0.148. The van der Waals surface area contributed by atoms with Gasteiger partial charge >= 0.3 is 0 Å². The highest BCUT2D eigenvalue weighted by atomic mass is 15.4. The second-order valence-corrected chi connectivity index (χ2v) is 8.49. The Morgan fingerprint density at radius 2 is 1.17 bits per heavy atom. The predicted molar refractivity (Wildman–Crippen MR) is 102 cm³/mol. The quantitative estimate of drug-likeness (QED) is 0.675. The van der Waals surface area contributed by atoms with Crippen molar-refractivity contribution >= 4 is 0 Å². The fraction of sp³-hybridized carbons (Fsp3) is 1.00. The molecule has 0 unspecified atom stereocenters. The molecule has 3 aliphatic rings. The molecule has 0 bridgehead atoms. The van der Waals surface area contributed by atoms with Crippen molar-refractivity contribution in [2.45, 2.75) is 70.9 Å². The first-order valence-electron chi connectivity index (χ1n) is 10.6. The normalized spacial score (nSPS) is 31.2. The molecule has 0 aromatic carbocycles. The predicted octanol–water partition coefficient (Wildman–Crippen LogP) is 2.70. The van der Waals surface area contributed by atoms with Crippen LogP contribution in [0.15, 0.2) is 0 Å². The third-order valence-corrected chi connectivity index (χ3v) is 6.60. The minimum absolute atomic E-state index is 0.821. The lowest BCUT2D eigenvalue weighted by Crippen LogP contribution is -2.39. The van der Waals surface area contributed by atoms with Crippen LogP contribution >= 0.6 is 0 Å². The molecular formula is C20H40N4. The molecule has 0 radical (unpaired) electrons. The maximum Gasteiger partial charge on any atom is 0.0507 e. The summed E-state index contributed by atoms with van der Waals surface area (Å²) >= 11 is 0. The molecule has 4 heteroatoms. The van der Waals surface area contributed by atoms with E-state index in [0.717, 1.165) is 12.1 Å². The standard InChI is InChI=1S/C20H40N4/c1-19-8-3-4-12-23(19)14-6-10-21-16-17-22(18-21)11-7-15-24-13-5-9-20(24)2/h19-20H,3-18H2,1-2H3/t19-,20+/m1/s1. The molecule has 0 spiro atoms. The molecule has 24 heavy (non-hydrogen) atoms. The van der Waals surface area contributed by atoms with Crippen LogP contribution in [0.1, 0.15) is 58.8 Å². The van der Waals surface area contributed by atoms with Gasteiger partial charge in [-0.1, -0.05) is 6.42 Å². The number of likely N-dealkylation sites (tertiary alicyclic amines) is 2. The van der Waals surface area contributed by atoms with Crippen LogP contribution in [-0.2, 0) is 0 Å². The minimum atomic E-state index is 0.821. The zero-order chi connectivity index (χ0) is 16.8. The highest BCUT2D eigenvalue weighted by molar-refractivity contribution is 4.77. The van der Waals surface area contributed by atoms with E-state index in [9.17, 15) is 0 Å². The van der Waals surface area contributed by atoms with E-state index in [1.807, 2.05) is 0 Å². The van der Waals surface area contributed by atoms with Crippen molar-refractivity contribution in [1.29, 1.82) is 0 Å². The maximum atomic E-state index is 2.72. The Morgan fingerprint density at radius 3 is 1.71 bits per heavy atom. The molecule has 0 amide bonds. The Bertz CT molecular complexity index is 362. The van der Waals surface area contributed by atoms with Gasteiger partial charge in [0.15, 0.2) is 0 Å². The molecule has 140 valence electrons. The molecule has 3 fully saturated rings. The summed E-state index contributed by atoms with van der Waals surface area (Å²) in [5.74, 6) is 0. The first-order chi connectivity index (χ1) is 11.7. The van der Waals surface area contributed by atoms with Gasteiger partial charge in [0.2, 0.25) is 0 Å². The molecule has 0 aromatic rings. The minimum Gasteiger partial charge on any atom is -0.301 e. The highest BCUT2D eigenvalue weighted by Crippen LogP contribution is 2.18. The largest absolute Gasteiger partial charge is 0.301 e. The van der Waals surface area contributed by atoms with Gasteiger partial charge in [0, 0.05) is 38.3 Å². The highest BCUT2D eigenvalue weighted by Gasteiger charge is 2.23. The van der Waals surface area contributed by atoms with Crippen molar-refractivity contribution in [1.82, 2.24) is 19.6 Å². The number of hydrogen-bond donors (Lipinski definition) is 0. The van der Waals surface area contributed by atoms with Crippen molar-refractivity contribution in [2.24, 2.45) is 0 Å². The van der Waals surface area contributed by atoms with Crippen molar-refractivity contribution < 1.29 is 0 Å². The summed E-state index contributed by atoms with van der Waals surface area (Å²) < 4.78 is 0. The lowest BCUT2D eigenvalue weighted by Gasteiger charge is -2.33. The van der Waals surface area contributed by atoms with E-state index in [-0.39, 0.29) is 0 Å². The zero-order valence-electron chi connectivity index (χ0n) is 16.3. The van der Waals surface area contributed by atoms with Crippen LogP contribution in [0.5, 0.6) is 0 Å². The van der Waals surface area contributed by atoms with Gasteiger partial charge in [0.05, 0.1) is 6.67 Å². The van der Waals surface area contributed by atoms with E-state index in [2.05, 4.69) is 33.4 Å². The first-order valence-corrected chi connectivity index (χ1v) is 10.6. The van der Waals surface area contributed by atoms with E-state index in [1.54, 1.807) is 0 Å². The third kappa shape index (κ3) is 5.42. The molecule has 3 aliphatic heterocycles. The molecule has 2 atom stereocenters. The molecule has 3 rings (SSSR count). The van der Waals surface area contributed by atoms with Crippen LogP contribution in [0.3, 0.4) is 0 Å². The van der Waals surface area contributed by atoms with Gasteiger partial charge in [-0.15, -0.1) is 0 Å². The molecule has 0 aromatic heterocycles. The maximum absolute atomic E-state index is 2.72. The molecule has 0 aliphatic carbocycles. The van der Waals surface area contributed by atoms with Gasteiger partial charge in [-0.25, -0.2) is 0 Å². The van der Waals surface area contributed by atoms with E-state index in [4.69, 9.17) is 0 Å². The smallest absolute Gasteiger partial charge is 0.0507 e. The summed E-state index contributed by atoms with van der Waals surface area (Å²) in [5, 5.41) is 0. The van der Waals surface area contributed by atoms with Crippen LogP contribution in [-0.4, -0.2) is 90.7 Å². The average Bonchev–Trinajstić information content (AvgIpc) is 3.19. The van der Waals surface area contributed by atoms with Gasteiger partial charge < -0.3 is 9.80 Å². The Hall–Kier alpha value is -0.160. The van der Waals surface area contributed by atoms with Crippen LogP contribution in [0.4, 0.5) is 0 Å². The SMILES string of the molecule is C[C@@H]1CCCCN1CCCN1CCN(CCCN2CCC[C@@H]2C)C1. The first kappa shape index (κ1) is 18.6. The Balaban J connectivity index is 1.24. The fourth-order valence-corrected chi connectivity index (χ4v) is 4.88. The van der Waals surface area contributed by atoms with Gasteiger partial charge in [0.25, 0.3) is 0 Å². The second-order valence-electron chi connectivity index (χ2n) is 8.49. The zero-order valence-corrected chi connectivity index (χ0v) is 16.3. The Kier molecular flexibility index (Phi) is 7.38. The number of nitrogens with zero attached hydrogens (tertiary/aromatic N) is 4. The average molecular weight is 337 g/mol. The van der Waals surface area contributed by atoms with E-state index in [0.29, 0.717) is 0 Å². The lowest BCUT2D eigenvalue weighted by atomic mass is 10.0. The van der Waals surface area contributed by atoms with E-state index >= 15 is 0 Å². The second kappa shape index (κ2) is 9.51. The Morgan fingerprint density at radius 1 is 0.625 bits per heavy atom. The summed E-state index contributed by atoms with van der Waals surface area (Å²) in [7, 11) is 0. The number of hydrogen-bond acceptors (Lipinski definition) is 4. The summed E-state index contributed by atoms with van der Waals surface area (Å²) in [6.07, 6.45) is 9.79. The van der Waals surface area contributed by atoms with E-state index in [1.165, 1.54) is 104 Å². The van der Waals surface area contributed by atoms with Crippen LogP contribution in [0, 0.1) is 0 Å². The van der Waals surface area contributed by atoms with Crippen molar-refractivity contribution in [3.8, 4) is 0 Å². The van der Waals surface area contributed by atoms with Crippen LogP contribution in [0.2, 0.25) is 0 Å². The summed E-state index contributed by atoms with van der Waals surface area (Å²) in [6, 6.07) is 1.65.